The molecule has 0 saturated heterocycles. The molecule has 0 amide bonds. The molecule has 0 unspecified atom stereocenters. The highest BCUT2D eigenvalue weighted by molar-refractivity contribution is 5.90. The van der Waals surface area contributed by atoms with E-state index in [-0.39, 0.29) is 5.97 Å². The van der Waals surface area contributed by atoms with Crippen LogP contribution < -0.4 is 0 Å². The fourth-order valence-corrected chi connectivity index (χ4v) is 1.91. The van der Waals surface area contributed by atoms with Crippen molar-refractivity contribution in [3.63, 3.8) is 0 Å². The van der Waals surface area contributed by atoms with Gasteiger partial charge in [-0.1, -0.05) is 19.4 Å². The van der Waals surface area contributed by atoms with Gasteiger partial charge in [-0.15, -0.1) is 0 Å². The van der Waals surface area contributed by atoms with Gasteiger partial charge in [-0.25, -0.2) is 14.5 Å². The number of nitrogens with zero attached hydrogens (tertiary/aromatic N) is 3. The summed E-state index contributed by atoms with van der Waals surface area (Å²) in [6.45, 7) is 4.21. The summed E-state index contributed by atoms with van der Waals surface area (Å²) in [7, 11) is 0. The van der Waals surface area contributed by atoms with Crippen molar-refractivity contribution in [3.05, 3.63) is 41.9 Å². The number of aromatic nitrogens is 3. The van der Waals surface area contributed by atoms with Crippen molar-refractivity contribution < 1.29 is 9.53 Å². The van der Waals surface area contributed by atoms with Gasteiger partial charge in [-0.3, -0.25) is 0 Å². The molecule has 0 bridgehead atoms. The van der Waals surface area contributed by atoms with E-state index in [2.05, 4.69) is 17.0 Å². The van der Waals surface area contributed by atoms with Crippen LogP contribution in [-0.4, -0.2) is 27.3 Å². The van der Waals surface area contributed by atoms with Gasteiger partial charge in [0.1, 0.15) is 5.56 Å². The van der Waals surface area contributed by atoms with Crippen molar-refractivity contribution >= 4 is 5.97 Å². The quantitative estimate of drug-likeness (QED) is 0.774. The maximum atomic E-state index is 11.9. The third kappa shape index (κ3) is 2.81. The van der Waals surface area contributed by atoms with Gasteiger partial charge in [0.05, 0.1) is 18.5 Å². The second-order valence-corrected chi connectivity index (χ2v) is 4.08. The number of rotatable bonds is 5. The van der Waals surface area contributed by atoms with E-state index in [1.165, 1.54) is 0 Å². The van der Waals surface area contributed by atoms with Crippen molar-refractivity contribution in [2.75, 3.05) is 6.61 Å². The van der Waals surface area contributed by atoms with Gasteiger partial charge in [0.25, 0.3) is 0 Å². The molecule has 0 aromatic carbocycles. The van der Waals surface area contributed by atoms with E-state index in [1.54, 1.807) is 24.0 Å². The molecular formula is C14H17N3O2. The first kappa shape index (κ1) is 13.3. The SMILES string of the molecule is CCCc1c(C(=O)OCC)cnn1-c1ccccn1. The Morgan fingerprint density at radius 2 is 2.21 bits per heavy atom. The van der Waals surface area contributed by atoms with Crippen LogP contribution in [0.25, 0.3) is 5.82 Å². The first-order valence-corrected chi connectivity index (χ1v) is 6.43. The van der Waals surface area contributed by atoms with Crippen molar-refractivity contribution in [3.8, 4) is 5.82 Å². The summed E-state index contributed by atoms with van der Waals surface area (Å²) in [6.07, 6.45) is 4.93. The molecule has 19 heavy (non-hydrogen) atoms. The summed E-state index contributed by atoms with van der Waals surface area (Å²) in [5, 5.41) is 4.26. The van der Waals surface area contributed by atoms with Gasteiger partial charge in [-0.2, -0.15) is 5.10 Å². The smallest absolute Gasteiger partial charge is 0.341 e. The molecule has 0 N–H and O–H groups in total. The third-order valence-electron chi connectivity index (χ3n) is 2.72. The molecule has 2 rings (SSSR count). The molecule has 0 atom stereocenters. The lowest BCUT2D eigenvalue weighted by atomic mass is 10.1. The van der Waals surface area contributed by atoms with Gasteiger partial charge in [0.2, 0.25) is 0 Å². The monoisotopic (exact) mass is 259 g/mol. The Kier molecular flexibility index (Phi) is 4.28. The van der Waals surface area contributed by atoms with Gasteiger partial charge in [-0.05, 0) is 25.5 Å². The Balaban J connectivity index is 2.43. The predicted molar refractivity (Wildman–Crippen MR) is 71.3 cm³/mol. The number of pyridine rings is 1. The summed E-state index contributed by atoms with van der Waals surface area (Å²) in [6, 6.07) is 5.60. The number of esters is 1. The van der Waals surface area contributed by atoms with Crippen LogP contribution >= 0.6 is 0 Å². The minimum Gasteiger partial charge on any atom is -0.462 e. The molecule has 100 valence electrons. The standard InChI is InChI=1S/C14H17N3O2/c1-3-7-12-11(14(18)19-4-2)10-16-17(12)13-8-5-6-9-15-13/h5-6,8-10H,3-4,7H2,1-2H3. The Morgan fingerprint density at radius 1 is 1.37 bits per heavy atom. The van der Waals surface area contributed by atoms with Crippen LogP contribution in [0.15, 0.2) is 30.6 Å². The second-order valence-electron chi connectivity index (χ2n) is 4.08. The average molecular weight is 259 g/mol. The number of carbonyl (C=O) groups is 1. The molecule has 2 heterocycles. The summed E-state index contributed by atoms with van der Waals surface area (Å²) >= 11 is 0. The van der Waals surface area contributed by atoms with Crippen LogP contribution in [0.3, 0.4) is 0 Å². The van der Waals surface area contributed by atoms with E-state index < -0.39 is 0 Å². The highest BCUT2D eigenvalue weighted by Gasteiger charge is 2.18. The fourth-order valence-electron chi connectivity index (χ4n) is 1.91. The molecule has 0 spiro atoms. The topological polar surface area (TPSA) is 57.0 Å². The minimum absolute atomic E-state index is 0.326. The van der Waals surface area contributed by atoms with E-state index in [0.717, 1.165) is 18.5 Å². The van der Waals surface area contributed by atoms with Crippen molar-refractivity contribution in [2.45, 2.75) is 26.7 Å². The van der Waals surface area contributed by atoms with Crippen LogP contribution in [0, 0.1) is 0 Å². The zero-order valence-electron chi connectivity index (χ0n) is 11.2. The summed E-state index contributed by atoms with van der Waals surface area (Å²) in [5.41, 5.74) is 1.37. The van der Waals surface area contributed by atoms with Crippen molar-refractivity contribution in [1.82, 2.24) is 14.8 Å². The average Bonchev–Trinajstić information content (AvgIpc) is 2.84. The Hall–Kier alpha value is -2.17. The van der Waals surface area contributed by atoms with Crippen LogP contribution in [0.5, 0.6) is 0 Å². The zero-order valence-corrected chi connectivity index (χ0v) is 11.2. The van der Waals surface area contributed by atoms with E-state index in [9.17, 15) is 4.79 Å². The second kappa shape index (κ2) is 6.13. The largest absolute Gasteiger partial charge is 0.462 e. The first-order chi connectivity index (χ1) is 9.27. The fraction of sp³-hybridized carbons (Fsp3) is 0.357. The Bertz CT molecular complexity index is 549. The number of hydrogen-bond donors (Lipinski definition) is 0. The lowest BCUT2D eigenvalue weighted by molar-refractivity contribution is 0.0525. The molecule has 0 aliphatic carbocycles. The van der Waals surface area contributed by atoms with E-state index in [1.807, 2.05) is 18.2 Å². The van der Waals surface area contributed by atoms with Crippen LogP contribution in [0.2, 0.25) is 0 Å². The van der Waals surface area contributed by atoms with Gasteiger partial charge >= 0.3 is 5.97 Å². The van der Waals surface area contributed by atoms with E-state index in [4.69, 9.17) is 4.74 Å². The Morgan fingerprint density at radius 3 is 2.84 bits per heavy atom. The molecule has 2 aromatic heterocycles. The highest BCUT2D eigenvalue weighted by Crippen LogP contribution is 2.16. The predicted octanol–water partition coefficient (Wildman–Crippen LogP) is 2.40. The van der Waals surface area contributed by atoms with Gasteiger partial charge in [0.15, 0.2) is 5.82 Å². The van der Waals surface area contributed by atoms with E-state index >= 15 is 0 Å². The molecule has 0 radical (unpaired) electrons. The number of carbonyl (C=O) groups excluding carboxylic acids is 1. The zero-order chi connectivity index (χ0) is 13.7. The van der Waals surface area contributed by atoms with Crippen LogP contribution in [0.4, 0.5) is 0 Å². The molecule has 0 saturated carbocycles. The van der Waals surface area contributed by atoms with E-state index in [0.29, 0.717) is 18.0 Å². The number of hydrogen-bond acceptors (Lipinski definition) is 4. The summed E-state index contributed by atoms with van der Waals surface area (Å²) in [4.78, 5) is 16.1. The first-order valence-electron chi connectivity index (χ1n) is 6.43. The third-order valence-corrected chi connectivity index (χ3v) is 2.72. The maximum absolute atomic E-state index is 11.9. The lowest BCUT2D eigenvalue weighted by Crippen LogP contribution is -2.10. The molecule has 5 nitrogen and oxygen atoms in total. The Labute approximate surface area is 112 Å². The minimum atomic E-state index is -0.326. The van der Waals surface area contributed by atoms with Gasteiger partial charge < -0.3 is 4.74 Å². The molecule has 0 aliphatic rings. The summed E-state index contributed by atoms with van der Waals surface area (Å²) in [5.74, 6) is 0.384. The highest BCUT2D eigenvalue weighted by atomic mass is 16.5. The molecule has 0 fully saturated rings. The van der Waals surface area contributed by atoms with Crippen molar-refractivity contribution in [2.24, 2.45) is 0 Å². The maximum Gasteiger partial charge on any atom is 0.341 e. The molecule has 2 aromatic rings. The van der Waals surface area contributed by atoms with Gasteiger partial charge in [0, 0.05) is 6.20 Å². The number of ether oxygens (including phenoxy) is 1. The molecule has 0 aliphatic heterocycles. The normalized spacial score (nSPS) is 10.4. The lowest BCUT2D eigenvalue weighted by Gasteiger charge is -2.07. The summed E-state index contributed by atoms with van der Waals surface area (Å²) < 4.78 is 6.76. The van der Waals surface area contributed by atoms with Crippen LogP contribution in [0.1, 0.15) is 36.3 Å². The molecular weight excluding hydrogens is 242 g/mol. The molecule has 5 heteroatoms. The van der Waals surface area contributed by atoms with Crippen molar-refractivity contribution in [1.29, 1.82) is 0 Å². The van der Waals surface area contributed by atoms with Crippen LogP contribution in [-0.2, 0) is 11.2 Å².